The number of carboxylic acids is 1. The summed E-state index contributed by atoms with van der Waals surface area (Å²) >= 11 is 7.60. The van der Waals surface area contributed by atoms with Crippen molar-refractivity contribution in [3.8, 4) is 0 Å². The number of halogens is 4. The molecule has 4 atom stereocenters. The molecule has 2 aromatic rings. The van der Waals surface area contributed by atoms with Crippen LogP contribution in [0.2, 0.25) is 5.02 Å². The number of carbonyl (C=O) groups excluding carboxylic acids is 1. The number of thiazole rings is 1. The molecule has 2 aliphatic carbocycles. The average molecular weight is 555 g/mol. The lowest BCUT2D eigenvalue weighted by Gasteiger charge is -2.30. The van der Waals surface area contributed by atoms with Gasteiger partial charge in [-0.05, 0) is 25.0 Å². The highest BCUT2D eigenvalue weighted by atomic mass is 35.5. The molecule has 196 valence electrons. The molecule has 37 heavy (non-hydrogen) atoms. The van der Waals surface area contributed by atoms with Crippen molar-refractivity contribution in [1.29, 1.82) is 0 Å². The van der Waals surface area contributed by atoms with Crippen molar-refractivity contribution < 1.29 is 32.6 Å². The van der Waals surface area contributed by atoms with Gasteiger partial charge in [0, 0.05) is 52.8 Å². The summed E-state index contributed by atoms with van der Waals surface area (Å²) in [4.78, 5) is 34.0. The van der Waals surface area contributed by atoms with Crippen LogP contribution in [0, 0.1) is 17.2 Å². The van der Waals surface area contributed by atoms with Crippen molar-refractivity contribution in [2.75, 3.05) is 13.7 Å². The predicted molar refractivity (Wildman–Crippen MR) is 129 cm³/mol. The van der Waals surface area contributed by atoms with Crippen molar-refractivity contribution in [1.82, 2.24) is 15.6 Å². The third kappa shape index (κ3) is 4.30. The highest BCUT2D eigenvalue weighted by Crippen LogP contribution is 2.61. The molecule has 2 heterocycles. The van der Waals surface area contributed by atoms with Gasteiger partial charge in [0.25, 0.3) is 5.92 Å². The zero-order valence-electron chi connectivity index (χ0n) is 19.4. The smallest absolute Gasteiger partial charge is 0.338 e. The Hall–Kier alpha value is -2.96. The van der Waals surface area contributed by atoms with Crippen LogP contribution in [0.1, 0.15) is 35.9 Å². The number of nitrogens with zero attached hydrogens (tertiary/aromatic N) is 2. The third-order valence-corrected chi connectivity index (χ3v) is 8.45. The van der Waals surface area contributed by atoms with Crippen LogP contribution in [0.15, 0.2) is 46.0 Å². The highest BCUT2D eigenvalue weighted by molar-refractivity contribution is 7.11. The summed E-state index contributed by atoms with van der Waals surface area (Å²) in [5, 5.41) is 18.2. The van der Waals surface area contributed by atoms with Gasteiger partial charge in [0.2, 0.25) is 0 Å². The molecule has 0 spiro atoms. The molecular weight excluding hydrogens is 533 g/mol. The van der Waals surface area contributed by atoms with Crippen molar-refractivity contribution in [3.05, 3.63) is 62.5 Å². The first-order valence-corrected chi connectivity index (χ1v) is 12.7. The molecule has 3 N–H and O–H groups in total. The maximum Gasteiger partial charge on any atom is 0.338 e. The fourth-order valence-corrected chi connectivity index (χ4v) is 6.53. The Morgan fingerprint density at radius 3 is 2.78 bits per heavy atom. The summed E-state index contributed by atoms with van der Waals surface area (Å²) in [6, 6.07) is 1.65. The van der Waals surface area contributed by atoms with Gasteiger partial charge in [-0.25, -0.2) is 22.9 Å². The van der Waals surface area contributed by atoms with Crippen molar-refractivity contribution >= 4 is 40.7 Å². The van der Waals surface area contributed by atoms with E-state index in [0.717, 1.165) is 6.07 Å². The number of carboxylic acid groups (broad SMARTS) is 1. The van der Waals surface area contributed by atoms with Gasteiger partial charge in [0.15, 0.2) is 10.8 Å². The van der Waals surface area contributed by atoms with E-state index in [-0.39, 0.29) is 41.5 Å². The monoisotopic (exact) mass is 554 g/mol. The van der Waals surface area contributed by atoms with E-state index in [9.17, 15) is 27.9 Å². The number of hydrogen-bond donors (Lipinski definition) is 3. The summed E-state index contributed by atoms with van der Waals surface area (Å²) in [5.41, 5.74) is -1.01. The van der Waals surface area contributed by atoms with Crippen molar-refractivity contribution in [2.45, 2.75) is 37.3 Å². The van der Waals surface area contributed by atoms with Crippen LogP contribution in [0.5, 0.6) is 0 Å². The van der Waals surface area contributed by atoms with E-state index in [0.29, 0.717) is 10.6 Å². The molecule has 1 aromatic heterocycles. The maximum atomic E-state index is 14.7. The number of aromatic nitrogens is 1. The second-order valence-electron chi connectivity index (χ2n) is 9.29. The second kappa shape index (κ2) is 9.41. The van der Waals surface area contributed by atoms with Gasteiger partial charge in [0.1, 0.15) is 11.9 Å². The topological polar surface area (TPSA) is 113 Å². The Kier molecular flexibility index (Phi) is 6.53. The van der Waals surface area contributed by atoms with E-state index in [1.807, 2.05) is 0 Å². The molecule has 1 aromatic carbocycles. The Bertz CT molecular complexity index is 1320. The molecule has 3 aliphatic rings. The molecule has 2 fully saturated rings. The van der Waals surface area contributed by atoms with Gasteiger partial charge >= 0.3 is 11.9 Å². The first-order valence-electron chi connectivity index (χ1n) is 11.4. The fourth-order valence-electron chi connectivity index (χ4n) is 5.67. The van der Waals surface area contributed by atoms with Gasteiger partial charge in [-0.15, -0.1) is 11.3 Å². The molecule has 8 nitrogen and oxygen atoms in total. The minimum atomic E-state index is -3.12. The van der Waals surface area contributed by atoms with Gasteiger partial charge in [0.05, 0.1) is 18.1 Å². The highest BCUT2D eigenvalue weighted by Gasteiger charge is 2.70. The lowest BCUT2D eigenvalue weighted by atomic mass is 9.81. The van der Waals surface area contributed by atoms with Gasteiger partial charge in [-0.2, -0.15) is 0 Å². The number of amidine groups is 1. The van der Waals surface area contributed by atoms with E-state index in [1.54, 1.807) is 11.6 Å². The molecule has 1 aliphatic heterocycles. The Labute approximate surface area is 218 Å². The number of methoxy groups -OCH3 is 1. The molecular formula is C24H22ClF3N4O4S. The van der Waals surface area contributed by atoms with Crippen LogP contribution in [-0.2, 0) is 14.3 Å². The number of carbonyl (C=O) groups is 2. The normalized spacial score (nSPS) is 28.1. The number of rotatable bonds is 7. The quantitative estimate of drug-likeness (QED) is 0.444. The number of hydrogen-bond acceptors (Lipinski definition) is 8. The lowest BCUT2D eigenvalue weighted by molar-refractivity contribution is -0.153. The molecule has 0 amide bonds. The number of esters is 1. The van der Waals surface area contributed by atoms with Crippen LogP contribution in [0.3, 0.4) is 0 Å². The number of fused-ring (bicyclic) bond motifs is 2. The van der Waals surface area contributed by atoms with Crippen LogP contribution in [0.25, 0.3) is 0 Å². The first-order chi connectivity index (χ1) is 17.6. The lowest BCUT2D eigenvalue weighted by Crippen LogP contribution is -2.48. The molecule has 0 saturated heterocycles. The van der Waals surface area contributed by atoms with E-state index in [4.69, 9.17) is 16.3 Å². The van der Waals surface area contributed by atoms with E-state index in [2.05, 4.69) is 20.6 Å². The zero-order chi connectivity index (χ0) is 26.5. The number of ether oxygens (including phenoxy) is 1. The molecule has 0 radical (unpaired) electrons. The van der Waals surface area contributed by atoms with Gasteiger partial charge in [-0.3, -0.25) is 9.79 Å². The summed E-state index contributed by atoms with van der Waals surface area (Å²) in [6.07, 6.45) is 1.03. The Morgan fingerprint density at radius 2 is 2.16 bits per heavy atom. The van der Waals surface area contributed by atoms with Gasteiger partial charge < -0.3 is 20.5 Å². The minimum Gasteiger partial charge on any atom is -0.481 e. The predicted octanol–water partition coefficient (Wildman–Crippen LogP) is 3.93. The minimum absolute atomic E-state index is 0.0289. The largest absolute Gasteiger partial charge is 0.481 e. The molecule has 5 rings (SSSR count). The number of aliphatic carboxylic acids is 1. The van der Waals surface area contributed by atoms with Crippen LogP contribution in [0.4, 0.5) is 13.2 Å². The zero-order valence-corrected chi connectivity index (χ0v) is 21.0. The molecule has 2 unspecified atom stereocenters. The maximum absolute atomic E-state index is 14.7. The van der Waals surface area contributed by atoms with Crippen molar-refractivity contribution in [3.63, 3.8) is 0 Å². The number of alkyl halides is 2. The van der Waals surface area contributed by atoms with E-state index < -0.39 is 53.5 Å². The number of nitrogens with one attached hydrogen (secondary N) is 2. The Morgan fingerprint density at radius 1 is 1.38 bits per heavy atom. The number of aliphatic imine (C=N–C) groups is 1. The second-order valence-corrected chi connectivity index (χ2v) is 10.6. The summed E-state index contributed by atoms with van der Waals surface area (Å²) < 4.78 is 48.1. The molecule has 2 bridgehead atoms. The summed E-state index contributed by atoms with van der Waals surface area (Å²) in [5.74, 6) is -6.59. The third-order valence-electron chi connectivity index (χ3n) is 7.34. The summed E-state index contributed by atoms with van der Waals surface area (Å²) in [6.45, 7) is -0.156. The van der Waals surface area contributed by atoms with Crippen LogP contribution >= 0.6 is 22.9 Å². The first kappa shape index (κ1) is 25.7. The van der Waals surface area contributed by atoms with Crippen LogP contribution in [-0.4, -0.2) is 53.5 Å². The molecule has 2 saturated carbocycles. The van der Waals surface area contributed by atoms with E-state index >= 15 is 0 Å². The standard InChI is InChI=1S/C24H22ClF3N4O4S/c1-36-21(33)16-15(9-30-18-13-4-5-23(18,22(34)35)10-24(13,27)28)31-19(20-29-6-7-37-20)32-17(16)12-3-2-11(26)8-14(12)25/h2-3,6-8,13,17-18,30H,4-5,9-10H2,1H3,(H,31,32)(H,34,35)/t13-,17-,18?,23?/m0/s1. The van der Waals surface area contributed by atoms with Gasteiger partial charge in [-0.1, -0.05) is 17.7 Å². The number of benzene rings is 1. The van der Waals surface area contributed by atoms with Crippen LogP contribution < -0.4 is 10.6 Å². The van der Waals surface area contributed by atoms with Crippen molar-refractivity contribution in [2.24, 2.45) is 16.3 Å². The average Bonchev–Trinajstić information content (AvgIpc) is 3.55. The Balaban J connectivity index is 1.56. The fraction of sp³-hybridized carbons (Fsp3) is 0.417. The summed E-state index contributed by atoms with van der Waals surface area (Å²) in [7, 11) is 1.18. The SMILES string of the molecule is COC(=O)C1=C(CNC2[C@@H]3CCC2(C(=O)O)CC3(F)F)NC(c2nccs2)=N[C@H]1c1ccc(F)cc1Cl. The van der Waals surface area contributed by atoms with E-state index in [1.165, 1.54) is 30.6 Å². The molecule has 13 heteroatoms.